The zero-order chi connectivity index (χ0) is 23.4. The van der Waals surface area contributed by atoms with Gasteiger partial charge < -0.3 is 10.1 Å². The lowest BCUT2D eigenvalue weighted by atomic mass is 9.96. The smallest absolute Gasteiger partial charge is 0.255 e. The second kappa shape index (κ2) is 8.20. The largest absolute Gasteiger partial charge is 0.491 e. The Balaban J connectivity index is 1.24. The SMILES string of the molecule is O=C1NCCOc2cc(-c3n[nH]c4ncc(-c5ccc6c(c5)CCN(C5CC5)CC6)cc34)ccc21. The number of rotatable bonds is 3. The third kappa shape index (κ3) is 3.76. The number of H-pyrrole nitrogens is 1. The summed E-state index contributed by atoms with van der Waals surface area (Å²) in [5.74, 6) is 0.479. The molecule has 2 aromatic heterocycles. The predicted octanol–water partition coefficient (Wildman–Crippen LogP) is 3.98. The maximum atomic E-state index is 12.3. The molecule has 176 valence electrons. The molecule has 0 bridgehead atoms. The van der Waals surface area contributed by atoms with Crippen molar-refractivity contribution in [1.82, 2.24) is 25.4 Å². The van der Waals surface area contributed by atoms with Gasteiger partial charge >= 0.3 is 0 Å². The van der Waals surface area contributed by atoms with Crippen molar-refractivity contribution in [2.45, 2.75) is 31.7 Å². The van der Waals surface area contributed by atoms with E-state index in [1.54, 1.807) is 6.07 Å². The quantitative estimate of drug-likeness (QED) is 0.478. The minimum absolute atomic E-state index is 0.108. The number of amides is 1. The van der Waals surface area contributed by atoms with Crippen LogP contribution >= 0.6 is 0 Å². The molecule has 1 aliphatic carbocycles. The first-order chi connectivity index (χ1) is 17.2. The Morgan fingerprint density at radius 2 is 1.80 bits per heavy atom. The van der Waals surface area contributed by atoms with E-state index in [-0.39, 0.29) is 5.91 Å². The zero-order valence-corrected chi connectivity index (χ0v) is 19.5. The molecule has 1 fully saturated rings. The molecule has 2 aromatic carbocycles. The van der Waals surface area contributed by atoms with Crippen LogP contribution in [-0.2, 0) is 12.8 Å². The molecule has 7 heteroatoms. The molecule has 2 N–H and O–H groups in total. The lowest BCUT2D eigenvalue weighted by molar-refractivity contribution is 0.0957. The number of hydrogen-bond acceptors (Lipinski definition) is 5. The number of carbonyl (C=O) groups excluding carboxylic acids is 1. The summed E-state index contributed by atoms with van der Waals surface area (Å²) in [7, 11) is 0. The van der Waals surface area contributed by atoms with Gasteiger partial charge in [0, 0.05) is 41.8 Å². The van der Waals surface area contributed by atoms with Gasteiger partial charge in [0.1, 0.15) is 18.1 Å². The fraction of sp³-hybridized carbons (Fsp3) is 0.321. The van der Waals surface area contributed by atoms with Crippen LogP contribution in [0.3, 0.4) is 0 Å². The molecule has 0 radical (unpaired) electrons. The lowest BCUT2D eigenvalue weighted by Crippen LogP contribution is -2.28. The maximum absolute atomic E-state index is 12.3. The van der Waals surface area contributed by atoms with Crippen LogP contribution in [0.15, 0.2) is 48.7 Å². The lowest BCUT2D eigenvalue weighted by Gasteiger charge is -2.18. The van der Waals surface area contributed by atoms with Gasteiger partial charge in [-0.15, -0.1) is 0 Å². The van der Waals surface area contributed by atoms with Crippen LogP contribution in [0.5, 0.6) is 5.75 Å². The molecular formula is C28H27N5O2. The molecule has 0 spiro atoms. The molecule has 3 aliphatic rings. The number of nitrogens with zero attached hydrogens (tertiary/aromatic N) is 3. The summed E-state index contributed by atoms with van der Waals surface area (Å²) < 4.78 is 5.81. The Bertz CT molecular complexity index is 1460. The average Bonchev–Trinajstić information content (AvgIpc) is 3.69. The predicted molar refractivity (Wildman–Crippen MR) is 135 cm³/mol. The van der Waals surface area contributed by atoms with Crippen molar-refractivity contribution in [1.29, 1.82) is 0 Å². The number of ether oxygens (including phenoxy) is 1. The summed E-state index contributed by atoms with van der Waals surface area (Å²) in [6.07, 6.45) is 6.89. The highest BCUT2D eigenvalue weighted by atomic mass is 16.5. The second-order valence-electron chi connectivity index (χ2n) is 9.76. The first-order valence-electron chi connectivity index (χ1n) is 12.5. The first-order valence-corrected chi connectivity index (χ1v) is 12.5. The van der Waals surface area contributed by atoms with Crippen molar-refractivity contribution in [2.75, 3.05) is 26.2 Å². The van der Waals surface area contributed by atoms with E-state index in [0.717, 1.165) is 53.3 Å². The normalized spacial score (nSPS) is 18.2. The average molecular weight is 466 g/mol. The Kier molecular flexibility index (Phi) is 4.84. The van der Waals surface area contributed by atoms with Crippen molar-refractivity contribution < 1.29 is 9.53 Å². The third-order valence-electron chi connectivity index (χ3n) is 7.50. The van der Waals surface area contributed by atoms with Crippen LogP contribution in [0.2, 0.25) is 0 Å². The van der Waals surface area contributed by atoms with Crippen molar-refractivity contribution in [3.8, 4) is 28.1 Å². The molecule has 0 saturated heterocycles. The van der Waals surface area contributed by atoms with Crippen molar-refractivity contribution in [2.24, 2.45) is 0 Å². The van der Waals surface area contributed by atoms with Crippen molar-refractivity contribution in [3.05, 3.63) is 65.4 Å². The molecule has 4 aromatic rings. The topological polar surface area (TPSA) is 83.1 Å². The van der Waals surface area contributed by atoms with Crippen LogP contribution in [0.4, 0.5) is 0 Å². The van der Waals surface area contributed by atoms with Gasteiger partial charge in [0.2, 0.25) is 0 Å². The van der Waals surface area contributed by atoms with E-state index in [9.17, 15) is 4.79 Å². The first kappa shape index (κ1) is 20.6. The van der Waals surface area contributed by atoms with Crippen LogP contribution in [-0.4, -0.2) is 58.3 Å². The highest BCUT2D eigenvalue weighted by Gasteiger charge is 2.29. The summed E-state index contributed by atoms with van der Waals surface area (Å²) in [6, 6.07) is 15.5. The summed E-state index contributed by atoms with van der Waals surface area (Å²) in [4.78, 5) is 19.6. The monoisotopic (exact) mass is 465 g/mol. The summed E-state index contributed by atoms with van der Waals surface area (Å²) in [5, 5.41) is 11.4. The number of aromatic amines is 1. The van der Waals surface area contributed by atoms with E-state index in [0.29, 0.717) is 24.5 Å². The van der Waals surface area contributed by atoms with Crippen LogP contribution in [0.1, 0.15) is 34.3 Å². The third-order valence-corrected chi connectivity index (χ3v) is 7.50. The number of nitrogens with one attached hydrogen (secondary N) is 2. The van der Waals surface area contributed by atoms with Crippen LogP contribution in [0.25, 0.3) is 33.4 Å². The van der Waals surface area contributed by atoms with Gasteiger partial charge in [-0.25, -0.2) is 4.98 Å². The Morgan fingerprint density at radius 3 is 2.69 bits per heavy atom. The fourth-order valence-electron chi connectivity index (χ4n) is 5.41. The van der Waals surface area contributed by atoms with Gasteiger partial charge in [-0.05, 0) is 60.6 Å². The Hall–Kier alpha value is -3.71. The number of carbonyl (C=O) groups is 1. The van der Waals surface area contributed by atoms with Gasteiger partial charge in [-0.2, -0.15) is 5.10 Å². The number of benzene rings is 2. The van der Waals surface area contributed by atoms with Gasteiger partial charge in [0.25, 0.3) is 5.91 Å². The standard InChI is InChI=1S/C28H27N5O2/c34-28-23-6-3-20(15-25(23)35-12-9-29-28)26-24-14-21(16-30-27(24)32-31-26)18-2-1-17-7-10-33(22-4-5-22)11-8-19(17)13-18/h1-3,6,13-16,22H,4-5,7-12H2,(H,29,34)(H,30,31,32). The fourth-order valence-corrected chi connectivity index (χ4v) is 5.41. The highest BCUT2D eigenvalue weighted by molar-refractivity contribution is 5.99. The van der Waals surface area contributed by atoms with Gasteiger partial charge in [0.05, 0.1) is 12.1 Å². The Labute approximate surface area is 203 Å². The molecule has 0 atom stereocenters. The highest BCUT2D eigenvalue weighted by Crippen LogP contribution is 2.34. The van der Waals surface area contributed by atoms with E-state index in [4.69, 9.17) is 4.74 Å². The van der Waals surface area contributed by atoms with Gasteiger partial charge in [0.15, 0.2) is 5.65 Å². The second-order valence-corrected chi connectivity index (χ2v) is 9.76. The summed E-state index contributed by atoms with van der Waals surface area (Å²) >= 11 is 0. The number of fused-ring (bicyclic) bond motifs is 3. The number of hydrogen-bond donors (Lipinski definition) is 2. The molecule has 7 rings (SSSR count). The van der Waals surface area contributed by atoms with Gasteiger partial charge in [-0.1, -0.05) is 24.3 Å². The number of aromatic nitrogens is 3. The van der Waals surface area contributed by atoms with E-state index in [1.165, 1.54) is 36.1 Å². The maximum Gasteiger partial charge on any atom is 0.255 e. The number of pyridine rings is 1. The molecule has 1 amide bonds. The molecule has 35 heavy (non-hydrogen) atoms. The zero-order valence-electron chi connectivity index (χ0n) is 19.5. The minimum Gasteiger partial charge on any atom is -0.491 e. The van der Waals surface area contributed by atoms with Gasteiger partial charge in [-0.3, -0.25) is 14.8 Å². The van der Waals surface area contributed by atoms with E-state index in [1.807, 2.05) is 18.3 Å². The molecule has 7 nitrogen and oxygen atoms in total. The molecule has 0 unspecified atom stereocenters. The van der Waals surface area contributed by atoms with Crippen molar-refractivity contribution in [3.63, 3.8) is 0 Å². The van der Waals surface area contributed by atoms with E-state index >= 15 is 0 Å². The molecule has 4 heterocycles. The van der Waals surface area contributed by atoms with Crippen LogP contribution in [0, 0.1) is 0 Å². The summed E-state index contributed by atoms with van der Waals surface area (Å²) in [6.45, 7) is 3.28. The van der Waals surface area contributed by atoms with E-state index < -0.39 is 0 Å². The molecular weight excluding hydrogens is 438 g/mol. The summed E-state index contributed by atoms with van der Waals surface area (Å²) in [5.41, 5.74) is 8.19. The van der Waals surface area contributed by atoms with Crippen molar-refractivity contribution >= 4 is 16.9 Å². The van der Waals surface area contributed by atoms with Crippen LogP contribution < -0.4 is 10.1 Å². The van der Waals surface area contributed by atoms with E-state index in [2.05, 4.69) is 49.7 Å². The Morgan fingerprint density at radius 1 is 0.943 bits per heavy atom. The minimum atomic E-state index is -0.108. The molecule has 1 saturated carbocycles. The molecule has 2 aliphatic heterocycles.